The van der Waals surface area contributed by atoms with Crippen molar-refractivity contribution in [3.63, 3.8) is 0 Å². The molecule has 0 aliphatic carbocycles. The summed E-state index contributed by atoms with van der Waals surface area (Å²) in [6, 6.07) is 19.4. The molecule has 4 rings (SSSR count). The first kappa shape index (κ1) is 15.9. The zero-order valence-corrected chi connectivity index (χ0v) is 15.2. The summed E-state index contributed by atoms with van der Waals surface area (Å²) in [5.74, 6) is -0.307. The molecule has 0 aliphatic rings. The van der Waals surface area contributed by atoms with Crippen LogP contribution in [0.4, 0.5) is 0 Å². The largest absolute Gasteiger partial charge is 0.462 e. The van der Waals surface area contributed by atoms with Crippen molar-refractivity contribution in [3.8, 4) is 11.1 Å². The Bertz CT molecular complexity index is 1090. The van der Waals surface area contributed by atoms with Crippen LogP contribution >= 0.6 is 15.9 Å². The highest BCUT2D eigenvalue weighted by Gasteiger charge is 2.15. The van der Waals surface area contributed by atoms with Gasteiger partial charge in [-0.2, -0.15) is 0 Å². The molecule has 0 radical (unpaired) electrons. The molecule has 4 heteroatoms. The molecule has 0 atom stereocenters. The van der Waals surface area contributed by atoms with Crippen molar-refractivity contribution in [3.05, 3.63) is 70.7 Å². The van der Waals surface area contributed by atoms with E-state index in [4.69, 9.17) is 9.15 Å². The maximum absolute atomic E-state index is 12.3. The fourth-order valence-corrected chi connectivity index (χ4v) is 3.40. The normalized spacial score (nSPS) is 11.1. The summed E-state index contributed by atoms with van der Waals surface area (Å²) in [6.45, 7) is 2.16. The fraction of sp³-hybridized carbons (Fsp3) is 0.0952. The molecule has 0 saturated heterocycles. The molecule has 0 bridgehead atoms. The standard InChI is InChI=1S/C21H15BrO3/c1-2-24-21(23)16-6-4-3-5-15(16)13-7-9-19-17(11-13)18-12-14(22)8-10-20(18)25-19/h3-12H,2H2,1H3. The number of furan rings is 1. The van der Waals surface area contributed by atoms with Gasteiger partial charge < -0.3 is 9.15 Å². The van der Waals surface area contributed by atoms with E-state index < -0.39 is 0 Å². The molecule has 0 saturated carbocycles. The van der Waals surface area contributed by atoms with Crippen LogP contribution in [-0.4, -0.2) is 12.6 Å². The minimum atomic E-state index is -0.307. The van der Waals surface area contributed by atoms with Gasteiger partial charge in [-0.3, -0.25) is 0 Å². The number of esters is 1. The van der Waals surface area contributed by atoms with Gasteiger partial charge in [0.25, 0.3) is 0 Å². The maximum atomic E-state index is 12.3. The number of carbonyl (C=O) groups excluding carboxylic acids is 1. The van der Waals surface area contributed by atoms with Gasteiger partial charge in [0.15, 0.2) is 0 Å². The minimum Gasteiger partial charge on any atom is -0.462 e. The van der Waals surface area contributed by atoms with E-state index in [0.29, 0.717) is 12.2 Å². The molecule has 1 heterocycles. The summed E-state index contributed by atoms with van der Waals surface area (Å²) in [7, 11) is 0. The maximum Gasteiger partial charge on any atom is 0.338 e. The zero-order valence-electron chi connectivity index (χ0n) is 13.6. The van der Waals surface area contributed by atoms with Crippen LogP contribution in [0.2, 0.25) is 0 Å². The van der Waals surface area contributed by atoms with Crippen LogP contribution in [0.5, 0.6) is 0 Å². The summed E-state index contributed by atoms with van der Waals surface area (Å²) in [5.41, 5.74) is 4.04. The van der Waals surface area contributed by atoms with Gasteiger partial charge in [-0.25, -0.2) is 4.79 Å². The van der Waals surface area contributed by atoms with Gasteiger partial charge in [0, 0.05) is 15.2 Å². The highest BCUT2D eigenvalue weighted by molar-refractivity contribution is 9.10. The highest BCUT2D eigenvalue weighted by Crippen LogP contribution is 2.34. The third-order valence-electron chi connectivity index (χ3n) is 4.16. The minimum absolute atomic E-state index is 0.307. The number of halogens is 1. The molecule has 4 aromatic rings. The van der Waals surface area contributed by atoms with Gasteiger partial charge >= 0.3 is 5.97 Å². The van der Waals surface area contributed by atoms with Crippen molar-refractivity contribution in [2.45, 2.75) is 6.92 Å². The lowest BCUT2D eigenvalue weighted by molar-refractivity contribution is 0.0527. The summed E-state index contributed by atoms with van der Waals surface area (Å²) in [5, 5.41) is 2.06. The molecule has 0 spiro atoms. The number of rotatable bonds is 3. The van der Waals surface area contributed by atoms with Crippen molar-refractivity contribution < 1.29 is 13.9 Å². The number of ether oxygens (including phenoxy) is 1. The topological polar surface area (TPSA) is 39.4 Å². The molecule has 0 unspecified atom stereocenters. The highest BCUT2D eigenvalue weighted by atomic mass is 79.9. The Balaban J connectivity index is 1.92. The Morgan fingerprint density at radius 3 is 2.52 bits per heavy atom. The van der Waals surface area contributed by atoms with Gasteiger partial charge in [-0.15, -0.1) is 0 Å². The first-order chi connectivity index (χ1) is 12.2. The van der Waals surface area contributed by atoms with Gasteiger partial charge in [-0.05, 0) is 54.4 Å². The van der Waals surface area contributed by atoms with Crippen LogP contribution in [0.25, 0.3) is 33.1 Å². The Hall–Kier alpha value is -2.59. The van der Waals surface area contributed by atoms with Crippen LogP contribution in [-0.2, 0) is 4.74 Å². The first-order valence-corrected chi connectivity index (χ1v) is 8.85. The van der Waals surface area contributed by atoms with E-state index in [1.54, 1.807) is 6.07 Å². The number of benzene rings is 3. The average Bonchev–Trinajstić information content (AvgIpc) is 2.99. The summed E-state index contributed by atoms with van der Waals surface area (Å²) in [6.07, 6.45) is 0. The predicted octanol–water partition coefficient (Wildman–Crippen LogP) is 6.19. The molecular weight excluding hydrogens is 380 g/mol. The smallest absolute Gasteiger partial charge is 0.338 e. The van der Waals surface area contributed by atoms with Crippen molar-refractivity contribution in [2.24, 2.45) is 0 Å². The average molecular weight is 395 g/mol. The van der Waals surface area contributed by atoms with E-state index >= 15 is 0 Å². The SMILES string of the molecule is CCOC(=O)c1ccccc1-c1ccc2oc3ccc(Br)cc3c2c1. The lowest BCUT2D eigenvalue weighted by Gasteiger charge is -2.09. The third kappa shape index (κ3) is 2.83. The van der Waals surface area contributed by atoms with Crippen molar-refractivity contribution >= 4 is 43.8 Å². The number of fused-ring (bicyclic) bond motifs is 3. The summed E-state index contributed by atoms with van der Waals surface area (Å²) < 4.78 is 12.1. The fourth-order valence-electron chi connectivity index (χ4n) is 3.04. The zero-order chi connectivity index (χ0) is 17.4. The molecule has 3 aromatic carbocycles. The molecule has 124 valence electrons. The monoisotopic (exact) mass is 394 g/mol. The van der Waals surface area contributed by atoms with E-state index in [1.165, 1.54) is 0 Å². The molecule has 25 heavy (non-hydrogen) atoms. The summed E-state index contributed by atoms with van der Waals surface area (Å²) in [4.78, 5) is 12.3. The van der Waals surface area contributed by atoms with Crippen LogP contribution < -0.4 is 0 Å². The van der Waals surface area contributed by atoms with Gasteiger partial charge in [0.05, 0.1) is 12.2 Å². The third-order valence-corrected chi connectivity index (χ3v) is 4.66. The predicted molar refractivity (Wildman–Crippen MR) is 103 cm³/mol. The van der Waals surface area contributed by atoms with Gasteiger partial charge in [-0.1, -0.05) is 40.2 Å². The summed E-state index contributed by atoms with van der Waals surface area (Å²) >= 11 is 3.51. The second-order valence-corrected chi connectivity index (χ2v) is 6.64. The Labute approximate surface area is 153 Å². The first-order valence-electron chi connectivity index (χ1n) is 8.05. The Kier molecular flexibility index (Phi) is 4.06. The van der Waals surface area contributed by atoms with Crippen LogP contribution in [0.3, 0.4) is 0 Å². The quantitative estimate of drug-likeness (QED) is 0.388. The molecule has 0 fully saturated rings. The number of hydrogen-bond donors (Lipinski definition) is 0. The van der Waals surface area contributed by atoms with Crippen LogP contribution in [0.1, 0.15) is 17.3 Å². The second kappa shape index (κ2) is 6.37. The van der Waals surface area contributed by atoms with Crippen molar-refractivity contribution in [1.29, 1.82) is 0 Å². The van der Waals surface area contributed by atoms with E-state index in [2.05, 4.69) is 22.0 Å². The molecule has 3 nitrogen and oxygen atoms in total. The number of carbonyl (C=O) groups is 1. The Morgan fingerprint density at radius 2 is 1.72 bits per heavy atom. The van der Waals surface area contributed by atoms with E-state index in [9.17, 15) is 4.79 Å². The van der Waals surface area contributed by atoms with E-state index in [1.807, 2.05) is 55.5 Å². The molecule has 0 aliphatic heterocycles. The van der Waals surface area contributed by atoms with Gasteiger partial charge in [0.1, 0.15) is 11.2 Å². The molecule has 0 N–H and O–H groups in total. The molecule has 0 amide bonds. The second-order valence-electron chi connectivity index (χ2n) is 5.72. The van der Waals surface area contributed by atoms with E-state index in [-0.39, 0.29) is 5.97 Å². The van der Waals surface area contributed by atoms with Crippen molar-refractivity contribution in [1.82, 2.24) is 0 Å². The lowest BCUT2D eigenvalue weighted by atomic mass is 9.98. The van der Waals surface area contributed by atoms with Crippen LogP contribution in [0, 0.1) is 0 Å². The molecular formula is C21H15BrO3. The Morgan fingerprint density at radius 1 is 1.00 bits per heavy atom. The van der Waals surface area contributed by atoms with Crippen LogP contribution in [0.15, 0.2) is 69.6 Å². The molecule has 1 aromatic heterocycles. The van der Waals surface area contributed by atoms with E-state index in [0.717, 1.165) is 37.5 Å². The lowest BCUT2D eigenvalue weighted by Crippen LogP contribution is -2.06. The van der Waals surface area contributed by atoms with Crippen molar-refractivity contribution in [2.75, 3.05) is 6.61 Å². The number of hydrogen-bond acceptors (Lipinski definition) is 3. The van der Waals surface area contributed by atoms with Gasteiger partial charge in [0.2, 0.25) is 0 Å².